The summed E-state index contributed by atoms with van der Waals surface area (Å²) in [6, 6.07) is 4.83. The smallest absolute Gasteiger partial charge is 0.191 e. The topological polar surface area (TPSA) is 64.7 Å². The Morgan fingerprint density at radius 3 is 2.97 bits per heavy atom. The number of hydrogen-bond acceptors (Lipinski definition) is 3. The van der Waals surface area contributed by atoms with Crippen molar-refractivity contribution in [2.24, 2.45) is 10.9 Å². The molecule has 0 bridgehead atoms. The van der Waals surface area contributed by atoms with Gasteiger partial charge in [0.15, 0.2) is 5.96 Å². The van der Waals surface area contributed by atoms with E-state index in [1.807, 2.05) is 6.20 Å². The fraction of sp³-hybridized carbons (Fsp3) is 0.571. The summed E-state index contributed by atoms with van der Waals surface area (Å²) in [6.45, 7) is 9.78. The monoisotopic (exact) mass is 517 g/mol. The van der Waals surface area contributed by atoms with Crippen LogP contribution in [0.25, 0.3) is 10.9 Å². The van der Waals surface area contributed by atoms with Gasteiger partial charge in [-0.3, -0.25) is 9.89 Å². The Hall–Kier alpha value is -1.39. The Morgan fingerprint density at radius 2 is 2.21 bits per heavy atom. The van der Waals surface area contributed by atoms with Crippen molar-refractivity contribution >= 4 is 40.8 Å². The number of benzene rings is 1. The molecule has 0 amide bonds. The van der Waals surface area contributed by atoms with Gasteiger partial charge in [-0.05, 0) is 36.1 Å². The first kappa shape index (κ1) is 23.9. The lowest BCUT2D eigenvalue weighted by molar-refractivity contribution is -0.0284. The van der Waals surface area contributed by atoms with Crippen molar-refractivity contribution in [3.8, 4) is 0 Å². The van der Waals surface area contributed by atoms with Crippen LogP contribution in [0.5, 0.6) is 0 Å². The molecule has 1 fully saturated rings. The number of aromatic nitrogens is 1. The molecule has 8 heteroatoms. The van der Waals surface area contributed by atoms with E-state index in [1.54, 1.807) is 19.2 Å². The molecule has 0 saturated carbocycles. The molecule has 0 spiro atoms. The van der Waals surface area contributed by atoms with Gasteiger partial charge >= 0.3 is 0 Å². The predicted molar refractivity (Wildman–Crippen MR) is 128 cm³/mol. The van der Waals surface area contributed by atoms with Crippen molar-refractivity contribution in [1.29, 1.82) is 0 Å². The summed E-state index contributed by atoms with van der Waals surface area (Å²) in [7, 11) is 1.77. The SMILES string of the molecule is CN=C(NCCc1c[nH]c2ccc(F)cc12)NCC1CN(CC(C)C)CCO1.I. The summed E-state index contributed by atoms with van der Waals surface area (Å²) in [5, 5.41) is 7.63. The fourth-order valence-corrected chi connectivity index (χ4v) is 3.69. The van der Waals surface area contributed by atoms with Crippen LogP contribution in [-0.4, -0.2) is 68.3 Å². The molecule has 1 aromatic heterocycles. The zero-order chi connectivity index (χ0) is 19.9. The van der Waals surface area contributed by atoms with E-state index in [4.69, 9.17) is 4.74 Å². The minimum absolute atomic E-state index is 0. The maximum atomic E-state index is 13.5. The van der Waals surface area contributed by atoms with Gasteiger partial charge in [0.05, 0.1) is 12.7 Å². The maximum Gasteiger partial charge on any atom is 0.191 e. The zero-order valence-electron chi connectivity index (χ0n) is 17.5. The molecular formula is C21H33FIN5O. The normalized spacial score (nSPS) is 18.1. The van der Waals surface area contributed by atoms with Crippen molar-refractivity contribution < 1.29 is 9.13 Å². The number of aliphatic imine (C=N–C) groups is 1. The third-order valence-electron chi connectivity index (χ3n) is 4.98. The standard InChI is InChI=1S/C21H32FN5O.HI/c1-15(2)13-27-8-9-28-18(14-27)12-26-21(23-3)24-7-6-16-11-25-20-5-4-17(22)10-19(16)20;/h4-5,10-11,15,18,25H,6-9,12-14H2,1-3H3,(H2,23,24,26);1H. The number of ether oxygens (including phenoxy) is 1. The first-order chi connectivity index (χ1) is 13.5. The number of H-pyrrole nitrogens is 1. The van der Waals surface area contributed by atoms with E-state index in [0.29, 0.717) is 12.5 Å². The molecule has 162 valence electrons. The molecule has 3 N–H and O–H groups in total. The number of hydrogen-bond donors (Lipinski definition) is 3. The number of halogens is 2. The zero-order valence-corrected chi connectivity index (χ0v) is 19.8. The highest BCUT2D eigenvalue weighted by atomic mass is 127. The van der Waals surface area contributed by atoms with Crippen molar-refractivity contribution in [3.63, 3.8) is 0 Å². The average molecular weight is 517 g/mol. The van der Waals surface area contributed by atoms with Crippen LogP contribution in [0, 0.1) is 11.7 Å². The maximum absolute atomic E-state index is 13.5. The lowest BCUT2D eigenvalue weighted by Gasteiger charge is -2.34. The molecule has 6 nitrogen and oxygen atoms in total. The molecule has 0 aliphatic carbocycles. The fourth-order valence-electron chi connectivity index (χ4n) is 3.69. The van der Waals surface area contributed by atoms with Crippen LogP contribution in [0.4, 0.5) is 4.39 Å². The second-order valence-electron chi connectivity index (χ2n) is 7.78. The quantitative estimate of drug-likeness (QED) is 0.300. The van der Waals surface area contributed by atoms with Crippen molar-refractivity contribution in [3.05, 3.63) is 35.8 Å². The first-order valence-electron chi connectivity index (χ1n) is 10.1. The molecule has 1 saturated heterocycles. The van der Waals surface area contributed by atoms with E-state index in [2.05, 4.69) is 39.4 Å². The Bertz CT molecular complexity index is 794. The molecular weight excluding hydrogens is 484 g/mol. The molecule has 29 heavy (non-hydrogen) atoms. The minimum atomic E-state index is -0.210. The van der Waals surface area contributed by atoms with Crippen molar-refractivity contribution in [2.75, 3.05) is 46.4 Å². The largest absolute Gasteiger partial charge is 0.374 e. The third kappa shape index (κ3) is 7.11. The number of aromatic amines is 1. The van der Waals surface area contributed by atoms with Crippen LogP contribution in [-0.2, 0) is 11.2 Å². The number of fused-ring (bicyclic) bond motifs is 1. The first-order valence-corrected chi connectivity index (χ1v) is 10.1. The average Bonchev–Trinajstić information content (AvgIpc) is 3.06. The Labute approximate surface area is 189 Å². The van der Waals surface area contributed by atoms with E-state index < -0.39 is 0 Å². The van der Waals surface area contributed by atoms with Crippen LogP contribution in [0.1, 0.15) is 19.4 Å². The van der Waals surface area contributed by atoms with E-state index in [9.17, 15) is 4.39 Å². The summed E-state index contributed by atoms with van der Waals surface area (Å²) < 4.78 is 19.4. The summed E-state index contributed by atoms with van der Waals surface area (Å²) in [4.78, 5) is 9.95. The summed E-state index contributed by atoms with van der Waals surface area (Å²) >= 11 is 0. The lowest BCUT2D eigenvalue weighted by Crippen LogP contribution is -2.50. The van der Waals surface area contributed by atoms with Crippen LogP contribution >= 0.6 is 24.0 Å². The van der Waals surface area contributed by atoms with Gasteiger partial charge in [-0.25, -0.2) is 4.39 Å². The summed E-state index contributed by atoms with van der Waals surface area (Å²) in [6.07, 6.45) is 2.90. The number of nitrogens with one attached hydrogen (secondary N) is 3. The Balaban J connectivity index is 0.00000300. The second-order valence-corrected chi connectivity index (χ2v) is 7.78. The van der Waals surface area contributed by atoms with Crippen LogP contribution in [0.2, 0.25) is 0 Å². The van der Waals surface area contributed by atoms with Gasteiger partial charge in [0.2, 0.25) is 0 Å². The Kier molecular flexibility index (Phi) is 9.64. The van der Waals surface area contributed by atoms with E-state index in [1.165, 1.54) is 6.07 Å². The highest BCUT2D eigenvalue weighted by molar-refractivity contribution is 14.0. The molecule has 0 radical (unpaired) electrons. The van der Waals surface area contributed by atoms with Gasteiger partial charge in [-0.1, -0.05) is 13.8 Å². The highest BCUT2D eigenvalue weighted by Gasteiger charge is 2.21. The number of nitrogens with zero attached hydrogens (tertiary/aromatic N) is 2. The number of guanidine groups is 1. The molecule has 1 unspecified atom stereocenters. The predicted octanol–water partition coefficient (Wildman–Crippen LogP) is 2.99. The van der Waals surface area contributed by atoms with Crippen LogP contribution in [0.15, 0.2) is 29.4 Å². The van der Waals surface area contributed by atoms with Crippen molar-refractivity contribution in [2.45, 2.75) is 26.4 Å². The second kappa shape index (κ2) is 11.7. The minimum Gasteiger partial charge on any atom is -0.374 e. The molecule has 3 rings (SSSR count). The van der Waals surface area contributed by atoms with E-state index >= 15 is 0 Å². The van der Waals surface area contributed by atoms with Gasteiger partial charge in [-0.2, -0.15) is 0 Å². The molecule has 1 aliphatic heterocycles. The van der Waals surface area contributed by atoms with Crippen molar-refractivity contribution in [1.82, 2.24) is 20.5 Å². The summed E-state index contributed by atoms with van der Waals surface area (Å²) in [5.41, 5.74) is 2.05. The van der Waals surface area contributed by atoms with E-state index in [-0.39, 0.29) is 35.9 Å². The van der Waals surface area contributed by atoms with Gasteiger partial charge < -0.3 is 20.4 Å². The van der Waals surface area contributed by atoms with Gasteiger partial charge in [0.25, 0.3) is 0 Å². The van der Waals surface area contributed by atoms with Crippen LogP contribution in [0.3, 0.4) is 0 Å². The van der Waals surface area contributed by atoms with E-state index in [0.717, 1.165) is 61.6 Å². The van der Waals surface area contributed by atoms with Gasteiger partial charge in [0, 0.05) is 56.9 Å². The van der Waals surface area contributed by atoms with Gasteiger partial charge in [-0.15, -0.1) is 24.0 Å². The molecule has 1 aromatic carbocycles. The van der Waals surface area contributed by atoms with Crippen LogP contribution < -0.4 is 10.6 Å². The van der Waals surface area contributed by atoms with Gasteiger partial charge in [0.1, 0.15) is 5.82 Å². The number of rotatable bonds is 7. The molecule has 1 atom stereocenters. The third-order valence-corrected chi connectivity index (χ3v) is 4.98. The summed E-state index contributed by atoms with van der Waals surface area (Å²) in [5.74, 6) is 1.22. The lowest BCUT2D eigenvalue weighted by atomic mass is 10.1. The Morgan fingerprint density at radius 1 is 1.38 bits per heavy atom. The molecule has 2 heterocycles. The molecule has 2 aromatic rings. The number of morpholine rings is 1. The molecule has 1 aliphatic rings. The highest BCUT2D eigenvalue weighted by Crippen LogP contribution is 2.19.